The van der Waals surface area contributed by atoms with E-state index in [1.807, 2.05) is 20.8 Å². The zero-order valence-electron chi connectivity index (χ0n) is 21.4. The Balaban J connectivity index is 1.76. The van der Waals surface area contributed by atoms with Crippen molar-refractivity contribution in [3.63, 3.8) is 0 Å². The summed E-state index contributed by atoms with van der Waals surface area (Å²) < 4.78 is 17.0. The van der Waals surface area contributed by atoms with Gasteiger partial charge >= 0.3 is 0 Å². The number of ether oxygens (including phenoxy) is 2. The van der Waals surface area contributed by atoms with Crippen LogP contribution in [0.15, 0.2) is 22.7 Å². The summed E-state index contributed by atoms with van der Waals surface area (Å²) in [5, 5.41) is 21.2. The van der Waals surface area contributed by atoms with E-state index in [1.54, 1.807) is 25.2 Å². The molecule has 2 aromatic heterocycles. The fourth-order valence-corrected chi connectivity index (χ4v) is 4.62. The van der Waals surface area contributed by atoms with Crippen molar-refractivity contribution in [2.45, 2.75) is 58.8 Å². The van der Waals surface area contributed by atoms with Crippen molar-refractivity contribution in [1.82, 2.24) is 20.4 Å². The number of aliphatic hydroxyl groups is 1. The van der Waals surface area contributed by atoms with Gasteiger partial charge in [0.2, 0.25) is 0 Å². The number of hydrogen-bond acceptors (Lipinski definition) is 9. The van der Waals surface area contributed by atoms with Gasteiger partial charge in [0, 0.05) is 30.3 Å². The van der Waals surface area contributed by atoms with Crippen molar-refractivity contribution in [1.29, 1.82) is 0 Å². The third-order valence-corrected chi connectivity index (χ3v) is 6.63. The lowest BCUT2D eigenvalue weighted by atomic mass is 10.0. The first-order chi connectivity index (χ1) is 17.3. The van der Waals surface area contributed by atoms with Crippen LogP contribution in [0.4, 0.5) is 5.82 Å². The first kappa shape index (κ1) is 26.3. The van der Waals surface area contributed by atoms with E-state index < -0.39 is 6.10 Å². The number of hydrogen-bond donors (Lipinski definition) is 3. The summed E-state index contributed by atoms with van der Waals surface area (Å²) in [5.41, 5.74) is 3.89. The van der Waals surface area contributed by atoms with Gasteiger partial charge in [-0.15, -0.1) is 0 Å². The zero-order valence-corrected chi connectivity index (χ0v) is 22.1. The molecule has 3 N–H and O–H groups in total. The number of benzene rings is 1. The van der Waals surface area contributed by atoms with Crippen LogP contribution in [-0.4, -0.2) is 65.3 Å². The second kappa shape index (κ2) is 11.6. The fraction of sp³-hybridized carbons (Fsp3) is 0.500. The molecule has 0 radical (unpaired) electrons. The van der Waals surface area contributed by atoms with Gasteiger partial charge in [-0.25, -0.2) is 9.97 Å². The molecule has 1 aliphatic heterocycles. The molecule has 194 valence electrons. The molecule has 1 fully saturated rings. The van der Waals surface area contributed by atoms with E-state index in [0.29, 0.717) is 41.1 Å². The summed E-state index contributed by atoms with van der Waals surface area (Å²) in [7, 11) is 1.78. The highest BCUT2D eigenvalue weighted by Crippen LogP contribution is 2.36. The fourth-order valence-electron chi connectivity index (χ4n) is 4.42. The van der Waals surface area contributed by atoms with Crippen LogP contribution in [0.1, 0.15) is 36.8 Å². The largest absolute Gasteiger partial charge is 0.491 e. The van der Waals surface area contributed by atoms with Crippen molar-refractivity contribution >= 4 is 17.4 Å². The highest BCUT2D eigenvalue weighted by atomic mass is 35.5. The van der Waals surface area contributed by atoms with Crippen LogP contribution >= 0.6 is 11.6 Å². The first-order valence-corrected chi connectivity index (χ1v) is 12.6. The summed E-state index contributed by atoms with van der Waals surface area (Å²) >= 11 is 6.62. The Morgan fingerprint density at radius 3 is 2.75 bits per heavy atom. The number of nitrogens with zero attached hydrogens (tertiary/aromatic N) is 3. The molecule has 10 heteroatoms. The molecule has 0 spiro atoms. The van der Waals surface area contributed by atoms with E-state index in [4.69, 9.17) is 35.6 Å². The van der Waals surface area contributed by atoms with Crippen LogP contribution in [-0.2, 0) is 4.74 Å². The van der Waals surface area contributed by atoms with Crippen molar-refractivity contribution in [3.8, 4) is 28.4 Å². The maximum absolute atomic E-state index is 10.0. The standard InChI is InChI=1S/C26H34ClN5O4/c1-14-10-18(8-9-34-14)29-25-15(2)24(23-16(3)32-36-17(23)4)30-26(31-25)21-11-20(6-7-22(21)27)35-13-19(33)12-28-5/h6-7,11,14,18-19,28,33H,8-10,12-13H2,1-5H3,(H,29,30,31)/t14-,18+,19-/m1/s1. The maximum atomic E-state index is 10.0. The average molecular weight is 516 g/mol. The van der Waals surface area contributed by atoms with Gasteiger partial charge < -0.3 is 29.7 Å². The molecule has 36 heavy (non-hydrogen) atoms. The lowest BCUT2D eigenvalue weighted by Crippen LogP contribution is -2.33. The number of nitrogens with one attached hydrogen (secondary N) is 2. The molecule has 0 aliphatic carbocycles. The van der Waals surface area contributed by atoms with Gasteiger partial charge in [-0.05, 0) is 65.8 Å². The molecule has 4 rings (SSSR count). The predicted octanol–water partition coefficient (Wildman–Crippen LogP) is 4.32. The molecule has 1 aromatic carbocycles. The second-order valence-corrected chi connectivity index (χ2v) is 9.69. The van der Waals surface area contributed by atoms with Gasteiger partial charge in [-0.1, -0.05) is 16.8 Å². The zero-order chi connectivity index (χ0) is 25.8. The van der Waals surface area contributed by atoms with Gasteiger partial charge in [0.25, 0.3) is 0 Å². The van der Waals surface area contributed by atoms with Gasteiger partial charge in [-0.2, -0.15) is 0 Å². The van der Waals surface area contributed by atoms with E-state index in [0.717, 1.165) is 41.2 Å². The Labute approximate surface area is 216 Å². The molecular weight excluding hydrogens is 482 g/mol. The summed E-state index contributed by atoms with van der Waals surface area (Å²) in [6.07, 6.45) is 1.33. The van der Waals surface area contributed by atoms with E-state index in [9.17, 15) is 5.11 Å². The number of anilines is 1. The van der Waals surface area contributed by atoms with Crippen LogP contribution in [0.25, 0.3) is 22.6 Å². The molecule has 9 nitrogen and oxygen atoms in total. The highest BCUT2D eigenvalue weighted by Gasteiger charge is 2.25. The highest BCUT2D eigenvalue weighted by molar-refractivity contribution is 6.33. The van der Waals surface area contributed by atoms with Gasteiger partial charge in [0.15, 0.2) is 5.82 Å². The maximum Gasteiger partial charge on any atom is 0.163 e. The molecule has 0 unspecified atom stereocenters. The quantitative estimate of drug-likeness (QED) is 0.383. The Morgan fingerprint density at radius 1 is 1.25 bits per heavy atom. The number of likely N-dealkylation sites (N-methyl/N-ethyl adjacent to an activating group) is 1. The topological polar surface area (TPSA) is 115 Å². The van der Waals surface area contributed by atoms with E-state index in [2.05, 4.69) is 22.7 Å². The third kappa shape index (κ3) is 5.98. The summed E-state index contributed by atoms with van der Waals surface area (Å²) in [5.74, 6) is 2.46. The molecule has 3 aromatic rings. The number of aromatic nitrogens is 3. The third-order valence-electron chi connectivity index (χ3n) is 6.30. The molecule has 1 aliphatic rings. The van der Waals surface area contributed by atoms with Crippen LogP contribution < -0.4 is 15.4 Å². The van der Waals surface area contributed by atoms with Crippen LogP contribution in [0, 0.1) is 20.8 Å². The Morgan fingerprint density at radius 2 is 2.06 bits per heavy atom. The first-order valence-electron chi connectivity index (χ1n) is 12.2. The number of aliphatic hydroxyl groups excluding tert-OH is 1. The number of halogens is 1. The van der Waals surface area contributed by atoms with Crippen LogP contribution in [0.2, 0.25) is 5.02 Å². The number of aryl methyl sites for hydroxylation is 2. The number of rotatable bonds is 9. The van der Waals surface area contributed by atoms with Crippen molar-refractivity contribution in [3.05, 3.63) is 40.2 Å². The van der Waals surface area contributed by atoms with Crippen LogP contribution in [0.5, 0.6) is 5.75 Å². The molecular formula is C26H34ClN5O4. The molecule has 1 saturated heterocycles. The minimum absolute atomic E-state index is 0.149. The normalized spacial score (nSPS) is 18.8. The summed E-state index contributed by atoms with van der Waals surface area (Å²) in [6.45, 7) is 9.15. The smallest absolute Gasteiger partial charge is 0.163 e. The molecule has 3 atom stereocenters. The van der Waals surface area contributed by atoms with Crippen molar-refractivity contribution in [2.75, 3.05) is 32.1 Å². The lowest BCUT2D eigenvalue weighted by Gasteiger charge is -2.29. The lowest BCUT2D eigenvalue weighted by molar-refractivity contribution is 0.0231. The SMILES string of the molecule is CNC[C@@H](O)COc1ccc(Cl)c(-c2nc(N[C@H]3CCO[C@H](C)C3)c(C)c(-c3c(C)noc3C)n2)c1. The Bertz CT molecular complexity index is 1180. The predicted molar refractivity (Wildman–Crippen MR) is 140 cm³/mol. The molecule has 3 heterocycles. The van der Waals surface area contributed by atoms with E-state index in [1.165, 1.54) is 0 Å². The second-order valence-electron chi connectivity index (χ2n) is 9.28. The minimum atomic E-state index is -0.631. The van der Waals surface area contributed by atoms with Gasteiger partial charge in [0.1, 0.15) is 30.0 Å². The molecule has 0 amide bonds. The Hall–Kier alpha value is -2.72. The summed E-state index contributed by atoms with van der Waals surface area (Å²) in [6, 6.07) is 5.55. The van der Waals surface area contributed by atoms with E-state index >= 15 is 0 Å². The van der Waals surface area contributed by atoms with Crippen LogP contribution in [0.3, 0.4) is 0 Å². The van der Waals surface area contributed by atoms with Crippen molar-refractivity contribution < 1.29 is 19.1 Å². The average Bonchev–Trinajstić information content (AvgIpc) is 3.18. The Kier molecular flexibility index (Phi) is 8.46. The monoisotopic (exact) mass is 515 g/mol. The minimum Gasteiger partial charge on any atom is -0.491 e. The molecule has 0 saturated carbocycles. The van der Waals surface area contributed by atoms with Gasteiger partial charge in [0.05, 0.1) is 28.1 Å². The summed E-state index contributed by atoms with van der Waals surface area (Å²) in [4.78, 5) is 9.83. The molecule has 0 bridgehead atoms. The van der Waals surface area contributed by atoms with Gasteiger partial charge in [-0.3, -0.25) is 0 Å². The van der Waals surface area contributed by atoms with E-state index in [-0.39, 0.29) is 18.8 Å². The van der Waals surface area contributed by atoms with Crippen molar-refractivity contribution in [2.24, 2.45) is 0 Å².